The summed E-state index contributed by atoms with van der Waals surface area (Å²) < 4.78 is 0. The Bertz CT molecular complexity index is 215. The van der Waals surface area contributed by atoms with Crippen molar-refractivity contribution in [3.8, 4) is 0 Å². The normalized spacial score (nSPS) is 27.9. The lowest BCUT2D eigenvalue weighted by Gasteiger charge is -2.30. The number of thioether (sulfide) groups is 1. The minimum Gasteiger partial charge on any atom is -0.480 e. The van der Waals surface area contributed by atoms with E-state index in [-0.39, 0.29) is 0 Å². The molecule has 0 spiro atoms. The van der Waals surface area contributed by atoms with Crippen molar-refractivity contribution in [2.45, 2.75) is 51.1 Å². The monoisotopic (exact) mass is 231 g/mol. The number of carboxylic acids is 1. The number of carboxylic acid groups (broad SMARTS) is 1. The first kappa shape index (κ1) is 12.8. The van der Waals surface area contributed by atoms with Gasteiger partial charge in [0.05, 0.1) is 0 Å². The predicted molar refractivity (Wildman–Crippen MR) is 64.4 cm³/mol. The van der Waals surface area contributed by atoms with Gasteiger partial charge in [-0.15, -0.1) is 0 Å². The van der Waals surface area contributed by atoms with E-state index in [4.69, 9.17) is 0 Å². The summed E-state index contributed by atoms with van der Waals surface area (Å²) in [5.41, 5.74) is -0.652. The van der Waals surface area contributed by atoms with Crippen LogP contribution in [0.2, 0.25) is 0 Å². The quantitative estimate of drug-likeness (QED) is 0.735. The Balaban J connectivity index is 2.61. The molecule has 1 fully saturated rings. The fourth-order valence-corrected chi connectivity index (χ4v) is 3.36. The van der Waals surface area contributed by atoms with Crippen molar-refractivity contribution in [3.63, 3.8) is 0 Å². The third kappa shape index (κ3) is 3.11. The smallest absolute Gasteiger partial charge is 0.324 e. The van der Waals surface area contributed by atoms with Crippen LogP contribution >= 0.6 is 11.8 Å². The molecule has 0 aromatic carbocycles. The van der Waals surface area contributed by atoms with Crippen LogP contribution in [0.5, 0.6) is 0 Å². The molecule has 0 aromatic rings. The van der Waals surface area contributed by atoms with Crippen LogP contribution in [0.25, 0.3) is 0 Å². The molecule has 0 aliphatic carbocycles. The lowest BCUT2D eigenvalue weighted by atomic mass is 9.96. The van der Waals surface area contributed by atoms with E-state index in [0.29, 0.717) is 11.8 Å². The molecule has 2 atom stereocenters. The molecule has 4 heteroatoms. The van der Waals surface area contributed by atoms with Gasteiger partial charge in [-0.2, -0.15) is 11.8 Å². The molecule has 0 amide bonds. The lowest BCUT2D eigenvalue weighted by molar-refractivity contribution is -0.144. The van der Waals surface area contributed by atoms with E-state index in [2.05, 4.69) is 19.2 Å². The molecular weight excluding hydrogens is 210 g/mol. The first-order valence-electron chi connectivity index (χ1n) is 5.73. The largest absolute Gasteiger partial charge is 0.480 e. The van der Waals surface area contributed by atoms with Crippen LogP contribution < -0.4 is 5.32 Å². The number of aliphatic carboxylic acids is 1. The van der Waals surface area contributed by atoms with Gasteiger partial charge in [-0.1, -0.05) is 20.3 Å². The third-order valence-electron chi connectivity index (χ3n) is 3.04. The zero-order chi connectivity index (χ0) is 11.3. The fourth-order valence-electron chi connectivity index (χ4n) is 2.03. The Morgan fingerprint density at radius 1 is 1.60 bits per heavy atom. The topological polar surface area (TPSA) is 49.3 Å². The van der Waals surface area contributed by atoms with Crippen molar-refractivity contribution in [3.05, 3.63) is 0 Å². The molecule has 0 aromatic heterocycles. The zero-order valence-corrected chi connectivity index (χ0v) is 10.4. The number of carbonyl (C=O) groups is 1. The van der Waals surface area contributed by atoms with Crippen molar-refractivity contribution >= 4 is 17.7 Å². The molecule has 2 unspecified atom stereocenters. The lowest BCUT2D eigenvalue weighted by Crippen LogP contribution is -2.56. The second kappa shape index (κ2) is 5.75. The van der Waals surface area contributed by atoms with Crippen molar-refractivity contribution in [2.75, 3.05) is 11.5 Å². The van der Waals surface area contributed by atoms with Gasteiger partial charge >= 0.3 is 5.97 Å². The average molecular weight is 231 g/mol. The third-order valence-corrected chi connectivity index (χ3v) is 4.23. The fraction of sp³-hybridized carbons (Fsp3) is 0.909. The Hall–Kier alpha value is -0.220. The van der Waals surface area contributed by atoms with E-state index in [9.17, 15) is 9.90 Å². The highest BCUT2D eigenvalue weighted by Crippen LogP contribution is 2.29. The van der Waals surface area contributed by atoms with Gasteiger partial charge in [0.25, 0.3) is 0 Å². The number of hydrogen-bond donors (Lipinski definition) is 2. The zero-order valence-electron chi connectivity index (χ0n) is 9.58. The van der Waals surface area contributed by atoms with E-state index < -0.39 is 11.5 Å². The van der Waals surface area contributed by atoms with Crippen molar-refractivity contribution in [1.82, 2.24) is 5.32 Å². The Labute approximate surface area is 96.0 Å². The van der Waals surface area contributed by atoms with Crippen LogP contribution in [-0.4, -0.2) is 34.2 Å². The maximum Gasteiger partial charge on any atom is 0.324 e. The van der Waals surface area contributed by atoms with Crippen LogP contribution in [0, 0.1) is 0 Å². The van der Waals surface area contributed by atoms with E-state index in [1.54, 1.807) is 11.8 Å². The van der Waals surface area contributed by atoms with Crippen molar-refractivity contribution in [1.29, 1.82) is 0 Å². The minimum atomic E-state index is -0.679. The van der Waals surface area contributed by atoms with Crippen LogP contribution in [0.3, 0.4) is 0 Å². The number of hydrogen-bond acceptors (Lipinski definition) is 3. The van der Waals surface area contributed by atoms with Gasteiger partial charge < -0.3 is 5.11 Å². The summed E-state index contributed by atoms with van der Waals surface area (Å²) >= 11 is 1.74. The van der Waals surface area contributed by atoms with Gasteiger partial charge in [-0.3, -0.25) is 10.1 Å². The summed E-state index contributed by atoms with van der Waals surface area (Å²) in [5.74, 6) is 0.992. The maximum atomic E-state index is 11.3. The molecule has 88 valence electrons. The molecule has 3 nitrogen and oxygen atoms in total. The molecule has 0 saturated carbocycles. The van der Waals surface area contributed by atoms with Gasteiger partial charge in [0.15, 0.2) is 0 Å². The molecule has 0 bridgehead atoms. The molecule has 1 rings (SSSR count). The predicted octanol–water partition coefficient (Wildman–Crippen LogP) is 2.12. The van der Waals surface area contributed by atoms with Gasteiger partial charge in [-0.05, 0) is 25.0 Å². The van der Waals surface area contributed by atoms with E-state index in [1.165, 1.54) is 0 Å². The van der Waals surface area contributed by atoms with Crippen LogP contribution in [0.1, 0.15) is 39.5 Å². The molecule has 1 aliphatic rings. The molecular formula is C11H21NO2S. The van der Waals surface area contributed by atoms with Crippen molar-refractivity contribution in [2.24, 2.45) is 0 Å². The molecule has 0 radical (unpaired) electrons. The highest BCUT2D eigenvalue weighted by atomic mass is 32.2. The highest BCUT2D eigenvalue weighted by Gasteiger charge is 2.42. The first-order valence-corrected chi connectivity index (χ1v) is 6.89. The molecule has 15 heavy (non-hydrogen) atoms. The number of rotatable bonds is 6. The van der Waals surface area contributed by atoms with Crippen LogP contribution in [0.15, 0.2) is 0 Å². The van der Waals surface area contributed by atoms with Crippen LogP contribution in [0.4, 0.5) is 0 Å². The maximum absolute atomic E-state index is 11.3. The van der Waals surface area contributed by atoms with Gasteiger partial charge in [0.2, 0.25) is 0 Å². The first-order chi connectivity index (χ1) is 7.14. The Kier molecular flexibility index (Phi) is 4.93. The van der Waals surface area contributed by atoms with E-state index in [1.807, 2.05) is 0 Å². The van der Waals surface area contributed by atoms with Gasteiger partial charge in [0.1, 0.15) is 5.54 Å². The summed E-state index contributed by atoms with van der Waals surface area (Å²) in [5, 5.41) is 12.7. The second-order valence-corrected chi connectivity index (χ2v) is 5.33. The van der Waals surface area contributed by atoms with Gasteiger partial charge in [-0.25, -0.2) is 0 Å². The molecule has 2 N–H and O–H groups in total. The van der Waals surface area contributed by atoms with E-state index >= 15 is 0 Å². The summed E-state index contributed by atoms with van der Waals surface area (Å²) in [6, 6.07) is 0.352. The molecule has 1 saturated heterocycles. The summed E-state index contributed by atoms with van der Waals surface area (Å²) in [6.07, 6.45) is 3.94. The van der Waals surface area contributed by atoms with Gasteiger partial charge in [0, 0.05) is 11.8 Å². The summed E-state index contributed by atoms with van der Waals surface area (Å²) in [6.45, 7) is 4.26. The molecule has 1 heterocycles. The Morgan fingerprint density at radius 3 is 2.73 bits per heavy atom. The average Bonchev–Trinajstić information content (AvgIpc) is 2.67. The van der Waals surface area contributed by atoms with Crippen molar-refractivity contribution < 1.29 is 9.90 Å². The SMILES string of the molecule is CCCC(CC)NC1(C(=O)O)CCSC1. The highest BCUT2D eigenvalue weighted by molar-refractivity contribution is 7.99. The summed E-state index contributed by atoms with van der Waals surface area (Å²) in [4.78, 5) is 11.3. The summed E-state index contributed by atoms with van der Waals surface area (Å²) in [7, 11) is 0. The standard InChI is InChI=1S/C11H21NO2S/c1-3-5-9(4-2)12-11(10(13)14)6-7-15-8-11/h9,12H,3-8H2,1-2H3,(H,13,14). The minimum absolute atomic E-state index is 0.352. The molecule has 1 aliphatic heterocycles. The van der Waals surface area contributed by atoms with E-state index in [0.717, 1.165) is 31.4 Å². The second-order valence-electron chi connectivity index (χ2n) is 4.23. The Morgan fingerprint density at radius 2 is 2.33 bits per heavy atom. The number of nitrogens with one attached hydrogen (secondary N) is 1. The van der Waals surface area contributed by atoms with Crippen LogP contribution in [-0.2, 0) is 4.79 Å².